The molecule has 0 radical (unpaired) electrons. The fourth-order valence-electron chi connectivity index (χ4n) is 2.83. The number of esters is 1. The number of carbonyl (C=O) groups is 1. The van der Waals surface area contributed by atoms with Crippen molar-refractivity contribution in [3.63, 3.8) is 0 Å². The Labute approximate surface area is 118 Å². The molecule has 0 aromatic heterocycles. The maximum atomic E-state index is 13.8. The summed E-state index contributed by atoms with van der Waals surface area (Å²) in [5.41, 5.74) is 0. The molecular weight excluding hydrogens is 270 g/mol. The van der Waals surface area contributed by atoms with Gasteiger partial charge in [-0.15, -0.1) is 0 Å². The van der Waals surface area contributed by atoms with Gasteiger partial charge in [0.15, 0.2) is 6.17 Å². The molecule has 1 aliphatic heterocycles. The molecule has 4 nitrogen and oxygen atoms in total. The summed E-state index contributed by atoms with van der Waals surface area (Å²) in [6.45, 7) is 8.16. The number of rotatable bonds is 4. The molecule has 7 atom stereocenters. The third-order valence-corrected chi connectivity index (χ3v) is 4.28. The first-order valence-electron chi connectivity index (χ1n) is 7.02. The largest absolute Gasteiger partial charge is 0.462 e. The first kappa shape index (κ1) is 17.3. The normalized spacial score (nSPS) is 41.0. The third-order valence-electron chi connectivity index (χ3n) is 4.28. The number of alkyl halides is 2. The highest BCUT2D eigenvalue weighted by Crippen LogP contribution is 2.42. The minimum Gasteiger partial charge on any atom is -0.462 e. The van der Waals surface area contributed by atoms with Gasteiger partial charge in [0.25, 0.3) is 0 Å². The second kappa shape index (κ2) is 6.35. The second-order valence-corrected chi connectivity index (χ2v) is 5.73. The van der Waals surface area contributed by atoms with E-state index in [-0.39, 0.29) is 11.8 Å². The van der Waals surface area contributed by atoms with Crippen molar-refractivity contribution in [1.82, 2.24) is 0 Å². The minimum atomic E-state index is -3.29. The number of carbonyl (C=O) groups excluding carboxylic acids is 1. The van der Waals surface area contributed by atoms with Gasteiger partial charge < -0.3 is 14.6 Å². The van der Waals surface area contributed by atoms with Crippen LogP contribution >= 0.6 is 0 Å². The van der Waals surface area contributed by atoms with E-state index < -0.39 is 36.3 Å². The number of halogens is 2. The van der Waals surface area contributed by atoms with Crippen molar-refractivity contribution < 1.29 is 28.2 Å². The average Bonchev–Trinajstić information content (AvgIpc) is 2.37. The van der Waals surface area contributed by atoms with Crippen LogP contribution in [-0.2, 0) is 14.3 Å². The first-order valence-corrected chi connectivity index (χ1v) is 7.02. The average molecular weight is 294 g/mol. The smallest absolute Gasteiger partial charge is 0.350 e. The molecule has 20 heavy (non-hydrogen) atoms. The van der Waals surface area contributed by atoms with E-state index in [0.717, 1.165) is 0 Å². The van der Waals surface area contributed by atoms with Crippen LogP contribution in [0.5, 0.6) is 0 Å². The van der Waals surface area contributed by atoms with Crippen LogP contribution in [0, 0.1) is 17.8 Å². The predicted octanol–water partition coefficient (Wildman–Crippen LogP) is 2.59. The van der Waals surface area contributed by atoms with Crippen molar-refractivity contribution in [2.24, 2.45) is 17.8 Å². The molecule has 0 amide bonds. The van der Waals surface area contributed by atoms with E-state index in [2.05, 4.69) is 0 Å². The monoisotopic (exact) mass is 294 g/mol. The topological polar surface area (TPSA) is 55.8 Å². The van der Waals surface area contributed by atoms with Crippen molar-refractivity contribution in [2.75, 3.05) is 0 Å². The van der Waals surface area contributed by atoms with Crippen LogP contribution in [0.15, 0.2) is 0 Å². The molecule has 0 saturated carbocycles. The summed E-state index contributed by atoms with van der Waals surface area (Å²) in [6.07, 6.45) is -2.74. The first-order chi connectivity index (χ1) is 9.11. The lowest BCUT2D eigenvalue weighted by molar-refractivity contribution is -0.383. The van der Waals surface area contributed by atoms with E-state index >= 15 is 0 Å². The van der Waals surface area contributed by atoms with E-state index in [1.165, 1.54) is 13.8 Å². The van der Waals surface area contributed by atoms with Crippen molar-refractivity contribution >= 4 is 5.97 Å². The lowest BCUT2D eigenvalue weighted by Crippen LogP contribution is -2.57. The number of hydrogen-bond acceptors (Lipinski definition) is 4. The van der Waals surface area contributed by atoms with Crippen LogP contribution in [-0.4, -0.2) is 35.5 Å². The summed E-state index contributed by atoms with van der Waals surface area (Å²) in [5, 5.41) is 9.42. The SMILES string of the molecule is CC[C@@H](OC(C)=O)[C@@H](C)C1O[C@](O)(F)C(F)[C@@H](C)[C@H]1C. The Balaban J connectivity index is 2.90. The number of ether oxygens (including phenoxy) is 2. The molecule has 1 rings (SSSR count). The molecule has 6 heteroatoms. The van der Waals surface area contributed by atoms with E-state index in [1.807, 2.05) is 6.92 Å². The van der Waals surface area contributed by atoms with E-state index in [4.69, 9.17) is 9.47 Å². The molecule has 1 heterocycles. The Bertz CT molecular complexity index is 348. The van der Waals surface area contributed by atoms with Gasteiger partial charge in [-0.05, 0) is 12.3 Å². The Morgan fingerprint density at radius 3 is 2.45 bits per heavy atom. The van der Waals surface area contributed by atoms with E-state index in [0.29, 0.717) is 6.42 Å². The van der Waals surface area contributed by atoms with Gasteiger partial charge in [0.1, 0.15) is 6.10 Å². The molecular formula is C14H24F2O4. The molecule has 1 aliphatic rings. The molecule has 1 fully saturated rings. The molecule has 1 saturated heterocycles. The summed E-state index contributed by atoms with van der Waals surface area (Å²) in [5.74, 6) is -1.78. The molecule has 0 aromatic rings. The number of aliphatic hydroxyl groups is 1. The van der Waals surface area contributed by atoms with Crippen molar-refractivity contribution in [3.05, 3.63) is 0 Å². The molecule has 0 aliphatic carbocycles. The van der Waals surface area contributed by atoms with Crippen LogP contribution in [0.3, 0.4) is 0 Å². The van der Waals surface area contributed by atoms with Gasteiger partial charge in [0.2, 0.25) is 0 Å². The highest BCUT2D eigenvalue weighted by atomic mass is 19.2. The van der Waals surface area contributed by atoms with Crippen LogP contribution < -0.4 is 0 Å². The summed E-state index contributed by atoms with van der Waals surface area (Å²) < 4.78 is 37.6. The summed E-state index contributed by atoms with van der Waals surface area (Å²) >= 11 is 0. The summed E-state index contributed by atoms with van der Waals surface area (Å²) in [7, 11) is 0. The van der Waals surface area contributed by atoms with Gasteiger partial charge in [-0.25, -0.2) is 4.39 Å². The van der Waals surface area contributed by atoms with Crippen molar-refractivity contribution in [1.29, 1.82) is 0 Å². The standard InChI is InChI=1S/C14H24F2O4/c1-6-11(19-10(5)17)9(4)12-7(2)8(3)13(15)14(16,18)20-12/h7-9,11-13,18H,6H2,1-5H3/t7-,8+,9-,11-,12?,13?,14+/m1/s1. The Hall–Kier alpha value is -0.750. The highest BCUT2D eigenvalue weighted by molar-refractivity contribution is 5.66. The van der Waals surface area contributed by atoms with Crippen LogP contribution in [0.25, 0.3) is 0 Å². The van der Waals surface area contributed by atoms with Gasteiger partial charge >= 0.3 is 12.0 Å². The highest BCUT2D eigenvalue weighted by Gasteiger charge is 2.54. The quantitative estimate of drug-likeness (QED) is 0.810. The fourth-order valence-corrected chi connectivity index (χ4v) is 2.83. The second-order valence-electron chi connectivity index (χ2n) is 5.73. The zero-order valence-electron chi connectivity index (χ0n) is 12.6. The lowest BCUT2D eigenvalue weighted by Gasteiger charge is -2.45. The Morgan fingerprint density at radius 2 is 2.00 bits per heavy atom. The van der Waals surface area contributed by atoms with E-state index in [1.54, 1.807) is 13.8 Å². The lowest BCUT2D eigenvalue weighted by atomic mass is 9.77. The minimum absolute atomic E-state index is 0.305. The van der Waals surface area contributed by atoms with Gasteiger partial charge in [-0.1, -0.05) is 27.7 Å². The van der Waals surface area contributed by atoms with Crippen molar-refractivity contribution in [2.45, 2.75) is 65.5 Å². The fraction of sp³-hybridized carbons (Fsp3) is 0.929. The third kappa shape index (κ3) is 3.47. The van der Waals surface area contributed by atoms with E-state index in [9.17, 15) is 18.7 Å². The molecule has 0 spiro atoms. The van der Waals surface area contributed by atoms with Gasteiger partial charge in [0.05, 0.1) is 6.10 Å². The molecule has 2 unspecified atom stereocenters. The number of hydrogen-bond donors (Lipinski definition) is 1. The zero-order valence-corrected chi connectivity index (χ0v) is 12.6. The summed E-state index contributed by atoms with van der Waals surface area (Å²) in [4.78, 5) is 11.1. The van der Waals surface area contributed by atoms with Crippen molar-refractivity contribution in [3.8, 4) is 0 Å². The molecule has 0 bridgehead atoms. The van der Waals surface area contributed by atoms with Gasteiger partial charge in [-0.3, -0.25) is 4.79 Å². The predicted molar refractivity (Wildman–Crippen MR) is 69.2 cm³/mol. The molecule has 0 aromatic carbocycles. The summed E-state index contributed by atoms with van der Waals surface area (Å²) in [6, 6.07) is -3.29. The van der Waals surface area contributed by atoms with Crippen LogP contribution in [0.4, 0.5) is 8.78 Å². The maximum absolute atomic E-state index is 13.8. The molecule has 1 N–H and O–H groups in total. The Kier molecular flexibility index (Phi) is 5.49. The Morgan fingerprint density at radius 1 is 1.45 bits per heavy atom. The van der Waals surface area contributed by atoms with Gasteiger partial charge in [0, 0.05) is 18.8 Å². The zero-order chi connectivity index (χ0) is 15.7. The van der Waals surface area contributed by atoms with Crippen LogP contribution in [0.1, 0.15) is 41.0 Å². The maximum Gasteiger partial charge on any atom is 0.350 e. The van der Waals surface area contributed by atoms with Gasteiger partial charge in [-0.2, -0.15) is 4.39 Å². The van der Waals surface area contributed by atoms with Crippen LogP contribution in [0.2, 0.25) is 0 Å². The molecule has 118 valence electrons.